The number of halogens is 1. The topological polar surface area (TPSA) is 55.9 Å². The van der Waals surface area contributed by atoms with Crippen LogP contribution in [-0.2, 0) is 4.79 Å². The monoisotopic (exact) mass is 354 g/mol. The summed E-state index contributed by atoms with van der Waals surface area (Å²) in [6.07, 6.45) is 1.43. The summed E-state index contributed by atoms with van der Waals surface area (Å²) < 4.78 is 0. The third kappa shape index (κ3) is 2.42. The van der Waals surface area contributed by atoms with Crippen LogP contribution in [-0.4, -0.2) is 23.5 Å². The van der Waals surface area contributed by atoms with Gasteiger partial charge < -0.3 is 0 Å². The Morgan fingerprint density at radius 3 is 2.48 bits per heavy atom. The van der Waals surface area contributed by atoms with Crippen LogP contribution >= 0.6 is 11.6 Å². The number of carbonyl (C=O) groups excluding carboxylic acids is 2. The van der Waals surface area contributed by atoms with Gasteiger partial charge in [0.25, 0.3) is 5.91 Å². The number of amides is 3. The van der Waals surface area contributed by atoms with E-state index in [-0.39, 0.29) is 11.9 Å². The summed E-state index contributed by atoms with van der Waals surface area (Å²) in [5.74, 6) is 0.171. The highest BCUT2D eigenvalue weighted by atomic mass is 35.5. The van der Waals surface area contributed by atoms with Crippen LogP contribution in [0.3, 0.4) is 0 Å². The van der Waals surface area contributed by atoms with Crippen molar-refractivity contribution in [2.75, 3.05) is 16.3 Å². The largest absolute Gasteiger partial charge is 0.349 e. The molecule has 2 heterocycles. The summed E-state index contributed by atoms with van der Waals surface area (Å²) >= 11 is 6.18. The first-order chi connectivity index (χ1) is 12.1. The van der Waals surface area contributed by atoms with Crippen LogP contribution in [0.4, 0.5) is 21.9 Å². The zero-order valence-corrected chi connectivity index (χ0v) is 14.2. The Bertz CT molecular complexity index is 897. The molecule has 0 radical (unpaired) electrons. The first-order valence-electron chi connectivity index (χ1n) is 7.89. The second-order valence-electron chi connectivity index (χ2n) is 5.65. The summed E-state index contributed by atoms with van der Waals surface area (Å²) in [5, 5.41) is 1.94. The average Bonchev–Trinajstić information content (AvgIpc) is 2.85. The number of anilines is 3. The lowest BCUT2D eigenvalue weighted by Crippen LogP contribution is -2.35. The van der Waals surface area contributed by atoms with Crippen LogP contribution in [0.1, 0.15) is 6.92 Å². The van der Waals surface area contributed by atoms with E-state index in [0.29, 0.717) is 34.5 Å². The van der Waals surface area contributed by atoms with Crippen LogP contribution in [0.5, 0.6) is 0 Å². The van der Waals surface area contributed by atoms with Crippen molar-refractivity contribution in [3.8, 4) is 0 Å². The van der Waals surface area contributed by atoms with Gasteiger partial charge in [0, 0.05) is 23.3 Å². The van der Waals surface area contributed by atoms with Gasteiger partial charge in [-0.3, -0.25) is 15.1 Å². The Morgan fingerprint density at radius 1 is 1.00 bits per heavy atom. The number of nitrogens with zero attached hydrogens (tertiary/aromatic N) is 3. The van der Waals surface area contributed by atoms with Crippen LogP contribution < -0.4 is 15.2 Å². The van der Waals surface area contributed by atoms with Crippen LogP contribution in [0, 0.1) is 0 Å². The fourth-order valence-electron chi connectivity index (χ4n) is 3.01. The fraction of sp³-hybridized carbons (Fsp3) is 0.111. The quantitative estimate of drug-likeness (QED) is 0.896. The minimum atomic E-state index is -0.259. The van der Waals surface area contributed by atoms with Crippen molar-refractivity contribution in [3.05, 3.63) is 65.5 Å². The molecule has 3 amide bonds. The SMILES string of the molecule is CCN1NC2=CC(=O)N(c3ccccc3)c3cc(Cl)ccc3N2C1=O. The van der Waals surface area contributed by atoms with Gasteiger partial charge >= 0.3 is 6.03 Å². The number of benzene rings is 2. The second kappa shape index (κ2) is 5.82. The van der Waals surface area contributed by atoms with Crippen LogP contribution in [0.2, 0.25) is 5.02 Å². The number of carbonyl (C=O) groups is 2. The van der Waals surface area contributed by atoms with E-state index in [4.69, 9.17) is 11.6 Å². The molecule has 0 atom stereocenters. The van der Waals surface area contributed by atoms with Crippen molar-refractivity contribution in [2.24, 2.45) is 0 Å². The van der Waals surface area contributed by atoms with E-state index >= 15 is 0 Å². The van der Waals surface area contributed by atoms with Crippen molar-refractivity contribution in [2.45, 2.75) is 6.92 Å². The average molecular weight is 355 g/mol. The van der Waals surface area contributed by atoms with E-state index in [1.54, 1.807) is 23.1 Å². The maximum atomic E-state index is 12.9. The van der Waals surface area contributed by atoms with Gasteiger partial charge in [0.05, 0.1) is 11.4 Å². The van der Waals surface area contributed by atoms with Gasteiger partial charge in [-0.2, -0.15) is 0 Å². The maximum Gasteiger partial charge on any atom is 0.349 e. The van der Waals surface area contributed by atoms with Crippen molar-refractivity contribution >= 4 is 40.6 Å². The summed E-state index contributed by atoms with van der Waals surface area (Å²) in [4.78, 5) is 28.7. The molecule has 0 saturated carbocycles. The molecule has 2 aliphatic rings. The van der Waals surface area contributed by atoms with Gasteiger partial charge in [-0.15, -0.1) is 0 Å². The number of rotatable bonds is 2. The van der Waals surface area contributed by atoms with Crippen LogP contribution in [0.15, 0.2) is 60.4 Å². The predicted molar refractivity (Wildman–Crippen MR) is 96.5 cm³/mol. The Labute approximate surface area is 149 Å². The molecule has 2 aromatic rings. The molecule has 0 bridgehead atoms. The molecule has 4 rings (SSSR count). The smallest absolute Gasteiger partial charge is 0.279 e. The lowest BCUT2D eigenvalue weighted by atomic mass is 10.2. The molecular weight excluding hydrogens is 340 g/mol. The third-order valence-electron chi connectivity index (χ3n) is 4.14. The highest BCUT2D eigenvalue weighted by molar-refractivity contribution is 6.31. The fourth-order valence-corrected chi connectivity index (χ4v) is 3.18. The standard InChI is InChI=1S/C18H15ClN4O2/c1-2-21-18(25)23-14-9-8-12(19)10-15(14)22(13-6-4-3-5-7-13)17(24)11-16(23)20-21/h3-11,20H,2H2,1H3. The zero-order valence-electron chi connectivity index (χ0n) is 13.4. The molecular formula is C18H15ClN4O2. The minimum Gasteiger partial charge on any atom is -0.279 e. The highest BCUT2D eigenvalue weighted by Gasteiger charge is 2.39. The number of urea groups is 1. The van der Waals surface area contributed by atoms with Gasteiger partial charge in [0.2, 0.25) is 0 Å². The van der Waals surface area contributed by atoms with E-state index in [2.05, 4.69) is 5.43 Å². The third-order valence-corrected chi connectivity index (χ3v) is 4.38. The Kier molecular flexibility index (Phi) is 3.62. The molecule has 126 valence electrons. The number of para-hydroxylation sites is 1. The lowest BCUT2D eigenvalue weighted by Gasteiger charge is -2.25. The van der Waals surface area contributed by atoms with Crippen molar-refractivity contribution in [1.82, 2.24) is 10.4 Å². The van der Waals surface area contributed by atoms with Gasteiger partial charge in [0.1, 0.15) is 5.82 Å². The Morgan fingerprint density at radius 2 is 1.76 bits per heavy atom. The molecule has 0 aliphatic carbocycles. The van der Waals surface area contributed by atoms with E-state index < -0.39 is 0 Å². The van der Waals surface area contributed by atoms with E-state index in [1.807, 2.05) is 37.3 Å². The molecule has 0 spiro atoms. The van der Waals surface area contributed by atoms with Gasteiger partial charge in [-0.05, 0) is 37.3 Å². The number of nitrogens with one attached hydrogen (secondary N) is 1. The molecule has 2 aromatic carbocycles. The van der Waals surface area contributed by atoms with Gasteiger partial charge in [-0.25, -0.2) is 14.7 Å². The first-order valence-corrected chi connectivity index (χ1v) is 8.26. The highest BCUT2D eigenvalue weighted by Crippen LogP contribution is 2.41. The van der Waals surface area contributed by atoms with Crippen molar-refractivity contribution in [3.63, 3.8) is 0 Å². The molecule has 25 heavy (non-hydrogen) atoms. The maximum absolute atomic E-state index is 12.9. The van der Waals surface area contributed by atoms with Crippen molar-refractivity contribution in [1.29, 1.82) is 0 Å². The Balaban J connectivity index is 1.94. The van der Waals surface area contributed by atoms with Gasteiger partial charge in [0.15, 0.2) is 0 Å². The minimum absolute atomic E-state index is 0.236. The number of fused-ring (bicyclic) bond motifs is 3. The second-order valence-corrected chi connectivity index (χ2v) is 6.08. The lowest BCUT2D eigenvalue weighted by molar-refractivity contribution is -0.113. The number of hydrogen-bond donors (Lipinski definition) is 1. The predicted octanol–water partition coefficient (Wildman–Crippen LogP) is 3.63. The van der Waals surface area contributed by atoms with E-state index in [1.165, 1.54) is 16.0 Å². The summed E-state index contributed by atoms with van der Waals surface area (Å²) in [6, 6.07) is 14.2. The normalized spacial score (nSPS) is 16.2. The molecule has 6 nitrogen and oxygen atoms in total. The molecule has 0 aromatic heterocycles. The number of hydrogen-bond acceptors (Lipinski definition) is 3. The first kappa shape index (κ1) is 15.5. The molecule has 0 unspecified atom stereocenters. The molecule has 1 N–H and O–H groups in total. The summed E-state index contributed by atoms with van der Waals surface area (Å²) in [7, 11) is 0. The Hall–Kier alpha value is -2.99. The van der Waals surface area contributed by atoms with E-state index in [9.17, 15) is 9.59 Å². The summed E-state index contributed by atoms with van der Waals surface area (Å²) in [6.45, 7) is 2.34. The van der Waals surface area contributed by atoms with E-state index in [0.717, 1.165) is 0 Å². The van der Waals surface area contributed by atoms with Crippen LogP contribution in [0.25, 0.3) is 0 Å². The van der Waals surface area contributed by atoms with Crippen molar-refractivity contribution < 1.29 is 9.59 Å². The number of hydrazine groups is 1. The molecule has 7 heteroatoms. The zero-order chi connectivity index (χ0) is 17.6. The molecule has 1 fully saturated rings. The summed E-state index contributed by atoms with van der Waals surface area (Å²) in [5.41, 5.74) is 4.84. The molecule has 1 saturated heterocycles. The molecule has 2 aliphatic heterocycles. The van der Waals surface area contributed by atoms with Gasteiger partial charge in [-0.1, -0.05) is 29.8 Å².